The summed E-state index contributed by atoms with van der Waals surface area (Å²) in [6, 6.07) is 9.44. The monoisotopic (exact) mass is 683 g/mol. The van der Waals surface area contributed by atoms with E-state index in [9.17, 15) is 28.8 Å². The smallest absolute Gasteiger partial charge is 0.246 e. The molecule has 0 saturated heterocycles. The van der Waals surface area contributed by atoms with Gasteiger partial charge < -0.3 is 43.8 Å². The molecular weight excluding hydrogens is 642 g/mol. The van der Waals surface area contributed by atoms with Gasteiger partial charge in [-0.2, -0.15) is 0 Å². The highest BCUT2D eigenvalue weighted by atomic mass is 35.5. The van der Waals surface area contributed by atoms with Crippen molar-refractivity contribution in [2.45, 2.75) is 76.2 Å². The molecule has 0 bridgehead atoms. The molecule has 0 radical (unpaired) electrons. The van der Waals surface area contributed by atoms with Crippen molar-refractivity contribution >= 4 is 53.0 Å². The molecule has 6 amide bonds. The Bertz CT molecular complexity index is 1530. The van der Waals surface area contributed by atoms with Crippen molar-refractivity contribution in [3.8, 4) is 0 Å². The molecular formula is C32H42ClN9O6. The second-order valence-electron chi connectivity index (χ2n) is 11.5. The molecule has 0 saturated carbocycles. The third kappa shape index (κ3) is 11.3. The number of hydrogen-bond donors (Lipinski definition) is 7. The maximum Gasteiger partial charge on any atom is 0.246 e. The van der Waals surface area contributed by atoms with Crippen LogP contribution in [-0.2, 0) is 48.2 Å². The molecule has 3 rings (SSSR count). The highest BCUT2D eigenvalue weighted by Gasteiger charge is 2.38. The summed E-state index contributed by atoms with van der Waals surface area (Å²) in [7, 11) is 0. The van der Waals surface area contributed by atoms with Gasteiger partial charge in [0.05, 0.1) is 0 Å². The van der Waals surface area contributed by atoms with Gasteiger partial charge in [-0.05, 0) is 48.1 Å². The Kier molecular flexibility index (Phi) is 13.7. The molecule has 11 N–H and O–H groups in total. The van der Waals surface area contributed by atoms with Crippen molar-refractivity contribution in [2.75, 3.05) is 6.54 Å². The summed E-state index contributed by atoms with van der Waals surface area (Å²) in [4.78, 5) is 82.7. The van der Waals surface area contributed by atoms with Crippen LogP contribution in [0.3, 0.4) is 0 Å². The van der Waals surface area contributed by atoms with Crippen molar-refractivity contribution in [1.29, 1.82) is 0 Å². The Morgan fingerprint density at radius 2 is 1.46 bits per heavy atom. The van der Waals surface area contributed by atoms with E-state index in [0.717, 1.165) is 11.1 Å². The third-order valence-electron chi connectivity index (χ3n) is 7.78. The molecule has 0 spiro atoms. The molecule has 1 aliphatic rings. The molecule has 0 fully saturated rings. The SMILES string of the molecule is CC(=O)N[C@@H](CCCN=C(N)N)C(=O)N[C@@H](CCC(N)=O)C(=O)N[C@H](Cc1ccc(Cl)cc1)C(=O)N1Cc2ccccc2C[C@@H]1C(N)=O. The average Bonchev–Trinajstić information content (AvgIpc) is 3.03. The standard InChI is InChI=1S/C32H42ClN9O6/c1-18(43)39-23(7-4-14-38-32(36)37)29(46)40-24(12-13-27(34)44)30(47)41-25(15-19-8-10-22(33)11-9-19)31(48)42-17-21-6-3-2-5-20(21)16-26(42)28(35)45/h2-3,5-6,8-11,23-26H,4,7,12-17H2,1H3,(H2,34,44)(H2,35,45)(H,39,43)(H,40,46)(H,41,47)(H4,36,37,38)/t23-,24-,25+,26+/m0/s1. The van der Waals surface area contributed by atoms with Crippen LogP contribution in [0.5, 0.6) is 0 Å². The van der Waals surface area contributed by atoms with Crippen molar-refractivity contribution in [1.82, 2.24) is 20.9 Å². The maximum atomic E-state index is 14.2. The van der Waals surface area contributed by atoms with E-state index >= 15 is 0 Å². The fourth-order valence-electron chi connectivity index (χ4n) is 5.38. The lowest BCUT2D eigenvalue weighted by molar-refractivity contribution is -0.144. The van der Waals surface area contributed by atoms with E-state index in [-0.39, 0.29) is 51.2 Å². The lowest BCUT2D eigenvalue weighted by atomic mass is 9.92. The van der Waals surface area contributed by atoms with Crippen LogP contribution >= 0.6 is 11.6 Å². The number of benzene rings is 2. The van der Waals surface area contributed by atoms with Gasteiger partial charge in [0, 0.05) is 44.3 Å². The molecule has 15 nitrogen and oxygen atoms in total. The number of fused-ring (bicyclic) bond motifs is 1. The normalized spacial score (nSPS) is 15.5. The Hall–Kier alpha value is -5.18. The first-order valence-electron chi connectivity index (χ1n) is 15.4. The van der Waals surface area contributed by atoms with Crippen LogP contribution in [0.2, 0.25) is 5.02 Å². The van der Waals surface area contributed by atoms with E-state index in [4.69, 9.17) is 34.5 Å². The number of carbonyl (C=O) groups is 6. The van der Waals surface area contributed by atoms with Crippen LogP contribution < -0.4 is 38.9 Å². The number of carbonyl (C=O) groups excluding carboxylic acids is 6. The number of nitrogens with one attached hydrogen (secondary N) is 3. The van der Waals surface area contributed by atoms with E-state index in [2.05, 4.69) is 20.9 Å². The first kappa shape index (κ1) is 37.3. The quantitative estimate of drug-likeness (QED) is 0.0662. The number of nitrogens with zero attached hydrogens (tertiary/aromatic N) is 2. The zero-order chi connectivity index (χ0) is 35.4. The summed E-state index contributed by atoms with van der Waals surface area (Å²) in [6.07, 6.45) is 0.193. The average molecular weight is 684 g/mol. The largest absolute Gasteiger partial charge is 0.370 e. The summed E-state index contributed by atoms with van der Waals surface area (Å²) in [5.41, 5.74) is 24.2. The summed E-state index contributed by atoms with van der Waals surface area (Å²) >= 11 is 6.06. The van der Waals surface area contributed by atoms with E-state index in [1.165, 1.54) is 11.8 Å². The fourth-order valence-corrected chi connectivity index (χ4v) is 5.51. The van der Waals surface area contributed by atoms with Crippen molar-refractivity contribution < 1.29 is 28.8 Å². The van der Waals surface area contributed by atoms with Gasteiger partial charge in [-0.3, -0.25) is 33.8 Å². The predicted molar refractivity (Wildman–Crippen MR) is 179 cm³/mol. The Morgan fingerprint density at radius 1 is 0.854 bits per heavy atom. The number of hydrogen-bond acceptors (Lipinski definition) is 7. The molecule has 0 aliphatic carbocycles. The number of halogens is 1. The zero-order valence-corrected chi connectivity index (χ0v) is 27.4. The van der Waals surface area contributed by atoms with Gasteiger partial charge in [0.25, 0.3) is 0 Å². The molecule has 1 aliphatic heterocycles. The topological polar surface area (TPSA) is 258 Å². The van der Waals surface area contributed by atoms with E-state index < -0.39 is 59.6 Å². The number of primary amides is 2. The molecule has 4 atom stereocenters. The van der Waals surface area contributed by atoms with Gasteiger partial charge in [0.1, 0.15) is 24.2 Å². The zero-order valence-electron chi connectivity index (χ0n) is 26.6. The molecule has 1 heterocycles. The van der Waals surface area contributed by atoms with Gasteiger partial charge in [-0.15, -0.1) is 0 Å². The maximum absolute atomic E-state index is 14.2. The first-order chi connectivity index (χ1) is 22.7. The number of rotatable bonds is 16. The minimum absolute atomic E-state index is 0.00116. The van der Waals surface area contributed by atoms with Gasteiger partial charge in [-0.25, -0.2) is 0 Å². The van der Waals surface area contributed by atoms with Crippen LogP contribution in [0.1, 0.15) is 49.3 Å². The van der Waals surface area contributed by atoms with Gasteiger partial charge in [0.15, 0.2) is 5.96 Å². The van der Waals surface area contributed by atoms with Gasteiger partial charge >= 0.3 is 0 Å². The number of aliphatic imine (C=N–C) groups is 1. The second-order valence-corrected chi connectivity index (χ2v) is 12.0. The molecule has 2 aromatic carbocycles. The Morgan fingerprint density at radius 3 is 2.04 bits per heavy atom. The molecule has 16 heteroatoms. The minimum Gasteiger partial charge on any atom is -0.370 e. The molecule has 258 valence electrons. The van der Waals surface area contributed by atoms with Crippen LogP contribution in [0.4, 0.5) is 0 Å². The summed E-state index contributed by atoms with van der Waals surface area (Å²) < 4.78 is 0. The highest BCUT2D eigenvalue weighted by molar-refractivity contribution is 6.30. The first-order valence-corrected chi connectivity index (χ1v) is 15.8. The van der Waals surface area contributed by atoms with Crippen molar-refractivity contribution in [3.05, 3.63) is 70.2 Å². The van der Waals surface area contributed by atoms with Crippen molar-refractivity contribution in [3.63, 3.8) is 0 Å². The summed E-state index contributed by atoms with van der Waals surface area (Å²) in [5.74, 6) is -4.11. The van der Waals surface area contributed by atoms with Crippen molar-refractivity contribution in [2.24, 2.45) is 27.9 Å². The Balaban J connectivity index is 1.90. The van der Waals surface area contributed by atoms with E-state index in [0.29, 0.717) is 17.0 Å². The fraction of sp³-hybridized carbons (Fsp3) is 0.406. The lowest BCUT2D eigenvalue weighted by Crippen LogP contribution is -2.60. The molecule has 0 unspecified atom stereocenters. The predicted octanol–water partition coefficient (Wildman–Crippen LogP) is -0.885. The van der Waals surface area contributed by atoms with E-state index in [1.807, 2.05) is 24.3 Å². The lowest BCUT2D eigenvalue weighted by Gasteiger charge is -2.37. The summed E-state index contributed by atoms with van der Waals surface area (Å²) in [6.45, 7) is 1.51. The van der Waals surface area contributed by atoms with Gasteiger partial charge in [0.2, 0.25) is 35.4 Å². The number of nitrogens with two attached hydrogens (primary N) is 4. The van der Waals surface area contributed by atoms with Gasteiger partial charge in [-0.1, -0.05) is 48.0 Å². The Labute approximate surface area is 283 Å². The number of amides is 6. The van der Waals surface area contributed by atoms with Crippen LogP contribution in [-0.4, -0.2) is 77.0 Å². The molecule has 2 aromatic rings. The second kappa shape index (κ2) is 17.7. The van der Waals surface area contributed by atoms with Crippen LogP contribution in [0.15, 0.2) is 53.5 Å². The molecule has 0 aromatic heterocycles. The highest BCUT2D eigenvalue weighted by Crippen LogP contribution is 2.25. The third-order valence-corrected chi connectivity index (χ3v) is 8.03. The molecule has 48 heavy (non-hydrogen) atoms. The van der Waals surface area contributed by atoms with E-state index in [1.54, 1.807) is 24.3 Å². The number of guanidine groups is 1. The van der Waals surface area contributed by atoms with Crippen LogP contribution in [0.25, 0.3) is 0 Å². The van der Waals surface area contributed by atoms with Crippen LogP contribution in [0, 0.1) is 0 Å². The summed E-state index contributed by atoms with van der Waals surface area (Å²) in [5, 5.41) is 8.31. The minimum atomic E-state index is -1.33.